The maximum Gasteiger partial charge on any atom is 0.433 e. The van der Waals surface area contributed by atoms with Crippen LogP contribution in [-0.2, 0) is 26.9 Å². The van der Waals surface area contributed by atoms with Gasteiger partial charge in [0.15, 0.2) is 0 Å². The van der Waals surface area contributed by atoms with E-state index in [0.717, 1.165) is 6.07 Å². The number of ether oxygens (including phenoxy) is 2. The van der Waals surface area contributed by atoms with E-state index in [4.69, 9.17) is 9.47 Å². The molecule has 0 bridgehead atoms. The van der Waals surface area contributed by atoms with Gasteiger partial charge in [0.1, 0.15) is 5.69 Å². The van der Waals surface area contributed by atoms with Gasteiger partial charge in [-0.2, -0.15) is 13.2 Å². The van der Waals surface area contributed by atoms with Gasteiger partial charge in [-0.05, 0) is 18.6 Å². The van der Waals surface area contributed by atoms with Crippen molar-refractivity contribution in [2.75, 3.05) is 27.4 Å². The number of hydrogen-bond acceptors (Lipinski definition) is 4. The van der Waals surface area contributed by atoms with E-state index >= 15 is 0 Å². The van der Waals surface area contributed by atoms with Crippen molar-refractivity contribution in [2.24, 2.45) is 0 Å². The number of carbonyl (C=O) groups is 1. The number of rotatable bonds is 5. The van der Waals surface area contributed by atoms with Gasteiger partial charge >= 0.3 is 6.18 Å². The molecule has 0 spiro atoms. The second-order valence-corrected chi connectivity index (χ2v) is 5.44. The summed E-state index contributed by atoms with van der Waals surface area (Å²) in [5.74, 6) is -0.279. The molecule has 0 radical (unpaired) electrons. The number of likely N-dealkylation sites (tertiary alicyclic amines) is 1. The molecular formula is C15H19F3N2O3. The van der Waals surface area contributed by atoms with Crippen LogP contribution in [0.3, 0.4) is 0 Å². The third-order valence-electron chi connectivity index (χ3n) is 3.82. The predicted octanol–water partition coefficient (Wildman–Crippen LogP) is 1.91. The van der Waals surface area contributed by atoms with E-state index in [1.165, 1.54) is 19.2 Å². The van der Waals surface area contributed by atoms with Gasteiger partial charge in [-0.3, -0.25) is 4.79 Å². The van der Waals surface area contributed by atoms with Crippen molar-refractivity contribution in [3.63, 3.8) is 0 Å². The highest BCUT2D eigenvalue weighted by atomic mass is 19.4. The Kier molecular flexibility index (Phi) is 5.59. The van der Waals surface area contributed by atoms with Crippen LogP contribution in [0, 0.1) is 0 Å². The van der Waals surface area contributed by atoms with Crippen LogP contribution in [0.25, 0.3) is 0 Å². The zero-order valence-corrected chi connectivity index (χ0v) is 13.0. The van der Waals surface area contributed by atoms with Crippen molar-refractivity contribution in [3.05, 3.63) is 29.6 Å². The van der Waals surface area contributed by atoms with Gasteiger partial charge in [0.05, 0.1) is 30.9 Å². The molecule has 1 fully saturated rings. The average molecular weight is 332 g/mol. The summed E-state index contributed by atoms with van der Waals surface area (Å²) in [6.45, 7) is 0.768. The molecule has 0 N–H and O–H groups in total. The average Bonchev–Trinajstić information content (AvgIpc) is 2.90. The number of nitrogens with zero attached hydrogens (tertiary/aromatic N) is 2. The Balaban J connectivity index is 2.09. The van der Waals surface area contributed by atoms with Crippen LogP contribution in [0.4, 0.5) is 13.2 Å². The standard InChI is InChI=1S/C15H19F3N2O3/c1-22-9-11-7-12(23-2)8-20(11)14(21)6-10-4-3-5-13(19-10)15(16,17)18/h3-5,11-12H,6-9H2,1-2H3/t11-,12-/m0/s1. The Morgan fingerprint density at radius 3 is 2.74 bits per heavy atom. The fraction of sp³-hybridized carbons (Fsp3) is 0.600. The first-order chi connectivity index (χ1) is 10.8. The molecule has 1 aliphatic heterocycles. The van der Waals surface area contributed by atoms with Crippen LogP contribution in [0.15, 0.2) is 18.2 Å². The van der Waals surface area contributed by atoms with Gasteiger partial charge in [-0.15, -0.1) is 0 Å². The molecular weight excluding hydrogens is 313 g/mol. The quantitative estimate of drug-likeness (QED) is 0.826. The predicted molar refractivity (Wildman–Crippen MR) is 75.7 cm³/mol. The van der Waals surface area contributed by atoms with Crippen molar-refractivity contribution in [2.45, 2.75) is 31.2 Å². The topological polar surface area (TPSA) is 51.7 Å². The van der Waals surface area contributed by atoms with E-state index < -0.39 is 11.9 Å². The highest BCUT2D eigenvalue weighted by molar-refractivity contribution is 5.79. The lowest BCUT2D eigenvalue weighted by molar-refractivity contribution is -0.141. The summed E-state index contributed by atoms with van der Waals surface area (Å²) >= 11 is 0. The molecule has 1 aromatic rings. The smallest absolute Gasteiger partial charge is 0.383 e. The Bertz CT molecular complexity index is 551. The van der Waals surface area contributed by atoms with Gasteiger partial charge in [0.2, 0.25) is 5.91 Å². The zero-order valence-electron chi connectivity index (χ0n) is 13.0. The molecule has 1 saturated heterocycles. The summed E-state index contributed by atoms with van der Waals surface area (Å²) in [4.78, 5) is 17.5. The van der Waals surface area contributed by atoms with Gasteiger partial charge < -0.3 is 14.4 Å². The molecule has 0 aliphatic carbocycles. The first-order valence-corrected chi connectivity index (χ1v) is 7.19. The summed E-state index contributed by atoms with van der Waals surface area (Å²) in [7, 11) is 3.11. The molecule has 1 amide bonds. The molecule has 1 aliphatic rings. The van der Waals surface area contributed by atoms with Crippen molar-refractivity contribution >= 4 is 5.91 Å². The minimum atomic E-state index is -4.52. The van der Waals surface area contributed by atoms with E-state index in [2.05, 4.69) is 4.98 Å². The highest BCUT2D eigenvalue weighted by Gasteiger charge is 2.36. The van der Waals surface area contributed by atoms with Gasteiger partial charge in [0.25, 0.3) is 0 Å². The number of hydrogen-bond donors (Lipinski definition) is 0. The number of halogens is 3. The molecule has 1 aromatic heterocycles. The lowest BCUT2D eigenvalue weighted by Crippen LogP contribution is -2.39. The number of methoxy groups -OCH3 is 2. The Morgan fingerprint density at radius 1 is 1.39 bits per heavy atom. The Morgan fingerprint density at radius 2 is 2.13 bits per heavy atom. The van der Waals surface area contributed by atoms with Crippen LogP contribution < -0.4 is 0 Å². The second kappa shape index (κ2) is 7.27. The molecule has 2 rings (SSSR count). The van der Waals surface area contributed by atoms with Crippen molar-refractivity contribution in [1.29, 1.82) is 0 Å². The molecule has 128 valence electrons. The van der Waals surface area contributed by atoms with Crippen LogP contribution in [0.1, 0.15) is 17.8 Å². The number of aromatic nitrogens is 1. The van der Waals surface area contributed by atoms with E-state index in [-0.39, 0.29) is 30.2 Å². The van der Waals surface area contributed by atoms with E-state index in [0.29, 0.717) is 19.6 Å². The van der Waals surface area contributed by atoms with E-state index in [1.807, 2.05) is 0 Å². The lowest BCUT2D eigenvalue weighted by atomic mass is 10.2. The maximum absolute atomic E-state index is 12.7. The van der Waals surface area contributed by atoms with E-state index in [1.54, 1.807) is 12.0 Å². The molecule has 8 heteroatoms. The van der Waals surface area contributed by atoms with Crippen LogP contribution in [0.5, 0.6) is 0 Å². The number of amides is 1. The number of alkyl halides is 3. The monoisotopic (exact) mass is 332 g/mol. The first-order valence-electron chi connectivity index (χ1n) is 7.19. The first kappa shape index (κ1) is 17.7. The third kappa shape index (κ3) is 4.42. The summed E-state index contributed by atoms with van der Waals surface area (Å²) in [5.41, 5.74) is -0.894. The van der Waals surface area contributed by atoms with Gasteiger partial charge in [-0.25, -0.2) is 4.98 Å². The largest absolute Gasteiger partial charge is 0.433 e. The molecule has 0 unspecified atom stereocenters. The summed E-state index contributed by atoms with van der Waals surface area (Å²) in [6.07, 6.45) is -4.15. The third-order valence-corrected chi connectivity index (χ3v) is 3.82. The molecule has 5 nitrogen and oxygen atoms in total. The SMILES string of the molecule is COC[C@@H]1C[C@H](OC)CN1C(=O)Cc1cccc(C(F)(F)F)n1. The van der Waals surface area contributed by atoms with Crippen molar-refractivity contribution in [1.82, 2.24) is 9.88 Å². The summed E-state index contributed by atoms with van der Waals surface area (Å²) in [5, 5.41) is 0. The zero-order chi connectivity index (χ0) is 17.0. The van der Waals surface area contributed by atoms with Gasteiger partial charge in [-0.1, -0.05) is 6.07 Å². The molecule has 2 atom stereocenters. The summed E-state index contributed by atoms with van der Waals surface area (Å²) in [6, 6.07) is 3.43. The normalized spacial score (nSPS) is 21.7. The molecule has 0 aromatic carbocycles. The maximum atomic E-state index is 12.7. The fourth-order valence-corrected chi connectivity index (χ4v) is 2.69. The van der Waals surface area contributed by atoms with Crippen LogP contribution >= 0.6 is 0 Å². The highest BCUT2D eigenvalue weighted by Crippen LogP contribution is 2.27. The number of pyridine rings is 1. The molecule has 0 saturated carbocycles. The summed E-state index contributed by atoms with van der Waals surface area (Å²) < 4.78 is 48.4. The van der Waals surface area contributed by atoms with Crippen LogP contribution in [0.2, 0.25) is 0 Å². The molecule has 2 heterocycles. The number of carbonyl (C=O) groups excluding carboxylic acids is 1. The minimum Gasteiger partial charge on any atom is -0.383 e. The lowest BCUT2D eigenvalue weighted by Gasteiger charge is -2.23. The Labute approximate surface area is 132 Å². The Hall–Kier alpha value is -1.67. The molecule has 23 heavy (non-hydrogen) atoms. The second-order valence-electron chi connectivity index (χ2n) is 5.44. The van der Waals surface area contributed by atoms with Gasteiger partial charge in [0, 0.05) is 20.8 Å². The van der Waals surface area contributed by atoms with Crippen molar-refractivity contribution in [3.8, 4) is 0 Å². The fourth-order valence-electron chi connectivity index (χ4n) is 2.69. The minimum absolute atomic E-state index is 0.0893. The van der Waals surface area contributed by atoms with E-state index in [9.17, 15) is 18.0 Å². The van der Waals surface area contributed by atoms with Crippen molar-refractivity contribution < 1.29 is 27.4 Å². The van der Waals surface area contributed by atoms with Crippen LogP contribution in [-0.4, -0.2) is 55.3 Å².